The van der Waals surface area contributed by atoms with Crippen LogP contribution in [0.15, 0.2) is 56.5 Å². The predicted molar refractivity (Wildman–Crippen MR) is 93.8 cm³/mol. The van der Waals surface area contributed by atoms with Crippen molar-refractivity contribution in [2.75, 3.05) is 6.54 Å². The first-order valence-electron chi connectivity index (χ1n) is 7.18. The van der Waals surface area contributed by atoms with Crippen molar-refractivity contribution in [2.24, 2.45) is 0 Å². The maximum absolute atomic E-state index is 12.3. The standard InChI is InChI=1S/C17H14BrNO3S/c18-15-9-8-13(22-15)11-14-16(20)19(17(21)23-14)10-4-7-12-5-2-1-3-6-12/h1-3,5-6,8-9,11H,4,7,10H2/b14-11+. The Morgan fingerprint density at radius 2 is 1.91 bits per heavy atom. The first-order chi connectivity index (χ1) is 11.1. The van der Waals surface area contributed by atoms with E-state index in [2.05, 4.69) is 15.9 Å². The van der Waals surface area contributed by atoms with Crippen LogP contribution in [0.4, 0.5) is 4.79 Å². The summed E-state index contributed by atoms with van der Waals surface area (Å²) in [6, 6.07) is 13.5. The number of thioether (sulfide) groups is 1. The van der Waals surface area contributed by atoms with Gasteiger partial charge in [0, 0.05) is 12.6 Å². The van der Waals surface area contributed by atoms with E-state index in [1.807, 2.05) is 30.3 Å². The molecule has 3 rings (SSSR count). The van der Waals surface area contributed by atoms with Crippen LogP contribution in [0.1, 0.15) is 17.7 Å². The lowest BCUT2D eigenvalue weighted by Crippen LogP contribution is -2.29. The largest absolute Gasteiger partial charge is 0.450 e. The number of amides is 2. The van der Waals surface area contributed by atoms with Gasteiger partial charge in [-0.2, -0.15) is 0 Å². The van der Waals surface area contributed by atoms with Gasteiger partial charge in [0.15, 0.2) is 4.67 Å². The van der Waals surface area contributed by atoms with Crippen molar-refractivity contribution in [1.82, 2.24) is 4.90 Å². The number of nitrogens with zero attached hydrogens (tertiary/aromatic N) is 1. The van der Waals surface area contributed by atoms with Crippen molar-refractivity contribution in [3.63, 3.8) is 0 Å². The normalized spacial score (nSPS) is 16.6. The summed E-state index contributed by atoms with van der Waals surface area (Å²) < 4.78 is 5.94. The van der Waals surface area contributed by atoms with Gasteiger partial charge in [0.25, 0.3) is 11.1 Å². The topological polar surface area (TPSA) is 50.5 Å². The number of halogens is 1. The third-order valence-electron chi connectivity index (χ3n) is 3.43. The van der Waals surface area contributed by atoms with E-state index in [-0.39, 0.29) is 11.1 Å². The Morgan fingerprint density at radius 1 is 1.13 bits per heavy atom. The summed E-state index contributed by atoms with van der Waals surface area (Å²) >= 11 is 4.17. The van der Waals surface area contributed by atoms with E-state index in [4.69, 9.17) is 4.42 Å². The first kappa shape index (κ1) is 16.1. The van der Waals surface area contributed by atoms with E-state index >= 15 is 0 Å². The van der Waals surface area contributed by atoms with Crippen LogP contribution in [0.25, 0.3) is 6.08 Å². The Kier molecular flexibility index (Phi) is 5.03. The van der Waals surface area contributed by atoms with Gasteiger partial charge in [0.2, 0.25) is 0 Å². The van der Waals surface area contributed by atoms with E-state index < -0.39 is 0 Å². The molecule has 0 atom stereocenters. The minimum absolute atomic E-state index is 0.222. The second-order valence-electron chi connectivity index (χ2n) is 5.06. The molecule has 1 aliphatic rings. The second-order valence-corrected chi connectivity index (χ2v) is 6.84. The Labute approximate surface area is 146 Å². The quantitative estimate of drug-likeness (QED) is 0.692. The smallest absolute Gasteiger partial charge is 0.293 e. The Bertz CT molecular complexity index is 754. The van der Waals surface area contributed by atoms with Crippen LogP contribution in [0, 0.1) is 0 Å². The number of furan rings is 1. The van der Waals surface area contributed by atoms with E-state index in [1.165, 1.54) is 10.5 Å². The number of carbonyl (C=O) groups excluding carboxylic acids is 2. The molecule has 1 aromatic heterocycles. The van der Waals surface area contributed by atoms with Crippen molar-refractivity contribution >= 4 is 44.9 Å². The molecule has 1 fully saturated rings. The molecule has 4 nitrogen and oxygen atoms in total. The summed E-state index contributed by atoms with van der Waals surface area (Å²) in [7, 11) is 0. The third-order valence-corrected chi connectivity index (χ3v) is 4.76. The summed E-state index contributed by atoms with van der Waals surface area (Å²) in [5.74, 6) is 0.298. The molecule has 0 unspecified atom stereocenters. The zero-order chi connectivity index (χ0) is 16.2. The molecule has 2 heterocycles. The van der Waals surface area contributed by atoms with Gasteiger partial charge in [0.05, 0.1) is 4.91 Å². The highest BCUT2D eigenvalue weighted by atomic mass is 79.9. The maximum atomic E-state index is 12.3. The highest BCUT2D eigenvalue weighted by Crippen LogP contribution is 2.33. The number of hydrogen-bond acceptors (Lipinski definition) is 4. The van der Waals surface area contributed by atoms with Crippen LogP contribution in [0.5, 0.6) is 0 Å². The molecule has 0 aliphatic carbocycles. The number of hydrogen-bond donors (Lipinski definition) is 0. The van der Waals surface area contributed by atoms with E-state index in [1.54, 1.807) is 18.2 Å². The van der Waals surface area contributed by atoms with Crippen LogP contribution in [0.2, 0.25) is 0 Å². The first-order valence-corrected chi connectivity index (χ1v) is 8.79. The molecule has 2 amide bonds. The van der Waals surface area contributed by atoms with Gasteiger partial charge >= 0.3 is 0 Å². The summed E-state index contributed by atoms with van der Waals surface area (Å²) in [4.78, 5) is 26.1. The SMILES string of the molecule is O=C1S/C(=C/c2ccc(Br)o2)C(=O)N1CCCc1ccccc1. The molecule has 1 aliphatic heterocycles. The van der Waals surface area contributed by atoms with Crippen LogP contribution < -0.4 is 0 Å². The van der Waals surface area contributed by atoms with Crippen molar-refractivity contribution < 1.29 is 14.0 Å². The van der Waals surface area contributed by atoms with Gasteiger partial charge in [-0.1, -0.05) is 30.3 Å². The van der Waals surface area contributed by atoms with Crippen molar-refractivity contribution in [2.45, 2.75) is 12.8 Å². The molecule has 1 aromatic carbocycles. The average Bonchev–Trinajstić information content (AvgIpc) is 3.06. The van der Waals surface area contributed by atoms with Gasteiger partial charge in [0.1, 0.15) is 5.76 Å². The Hall–Kier alpha value is -1.79. The van der Waals surface area contributed by atoms with Gasteiger partial charge in [-0.15, -0.1) is 0 Å². The van der Waals surface area contributed by atoms with Crippen molar-refractivity contribution in [3.05, 3.63) is 63.4 Å². The maximum Gasteiger partial charge on any atom is 0.293 e. The molecule has 2 aromatic rings. The van der Waals surface area contributed by atoms with E-state index in [0.29, 0.717) is 21.9 Å². The average molecular weight is 392 g/mol. The highest BCUT2D eigenvalue weighted by Gasteiger charge is 2.34. The zero-order valence-electron chi connectivity index (χ0n) is 12.2. The predicted octanol–water partition coefficient (Wildman–Crippen LogP) is 4.71. The van der Waals surface area contributed by atoms with Crippen LogP contribution in [0.3, 0.4) is 0 Å². The number of aryl methyl sites for hydroxylation is 1. The van der Waals surface area contributed by atoms with Crippen LogP contribution in [-0.2, 0) is 11.2 Å². The molecular formula is C17H14BrNO3S. The zero-order valence-corrected chi connectivity index (χ0v) is 14.6. The molecule has 23 heavy (non-hydrogen) atoms. The molecule has 0 bridgehead atoms. The van der Waals surface area contributed by atoms with Crippen LogP contribution >= 0.6 is 27.7 Å². The number of carbonyl (C=O) groups is 2. The van der Waals surface area contributed by atoms with Crippen molar-refractivity contribution in [1.29, 1.82) is 0 Å². The lowest BCUT2D eigenvalue weighted by Gasteiger charge is -2.11. The van der Waals surface area contributed by atoms with E-state index in [9.17, 15) is 9.59 Å². The van der Waals surface area contributed by atoms with Gasteiger partial charge < -0.3 is 4.42 Å². The summed E-state index contributed by atoms with van der Waals surface area (Å²) in [6.45, 7) is 0.429. The number of rotatable bonds is 5. The Morgan fingerprint density at radius 3 is 2.61 bits per heavy atom. The van der Waals surface area contributed by atoms with Gasteiger partial charge in [-0.05, 0) is 58.2 Å². The minimum Gasteiger partial charge on any atom is -0.450 e. The number of imide groups is 1. The van der Waals surface area contributed by atoms with Crippen molar-refractivity contribution in [3.8, 4) is 0 Å². The monoisotopic (exact) mass is 391 g/mol. The summed E-state index contributed by atoms with van der Waals surface area (Å²) in [6.07, 6.45) is 3.20. The number of benzene rings is 1. The molecule has 0 radical (unpaired) electrons. The lowest BCUT2D eigenvalue weighted by molar-refractivity contribution is -0.122. The Balaban J connectivity index is 1.61. The summed E-state index contributed by atoms with van der Waals surface area (Å²) in [5.41, 5.74) is 1.20. The van der Waals surface area contributed by atoms with Gasteiger partial charge in [-0.3, -0.25) is 14.5 Å². The van der Waals surface area contributed by atoms with E-state index in [0.717, 1.165) is 24.6 Å². The molecule has 1 saturated heterocycles. The highest BCUT2D eigenvalue weighted by molar-refractivity contribution is 9.10. The van der Waals surface area contributed by atoms with Gasteiger partial charge in [-0.25, -0.2) is 0 Å². The molecule has 0 spiro atoms. The molecule has 6 heteroatoms. The fraction of sp³-hybridized carbons (Fsp3) is 0.176. The molecule has 118 valence electrons. The molecule has 0 saturated carbocycles. The minimum atomic E-state index is -0.249. The third kappa shape index (κ3) is 3.95. The fourth-order valence-electron chi connectivity index (χ4n) is 2.31. The second kappa shape index (κ2) is 7.19. The molecule has 0 N–H and O–H groups in total. The lowest BCUT2D eigenvalue weighted by atomic mass is 10.1. The summed E-state index contributed by atoms with van der Waals surface area (Å²) in [5, 5.41) is -0.222. The fourth-order valence-corrected chi connectivity index (χ4v) is 3.48. The molecular weight excluding hydrogens is 378 g/mol. The van der Waals surface area contributed by atoms with Crippen LogP contribution in [-0.4, -0.2) is 22.6 Å².